The van der Waals surface area contributed by atoms with Crippen LogP contribution in [-0.4, -0.2) is 25.2 Å². The number of ketones is 1. The lowest BCUT2D eigenvalue weighted by Gasteiger charge is -2.18. The van der Waals surface area contributed by atoms with Crippen LogP contribution in [0.3, 0.4) is 0 Å². The highest BCUT2D eigenvalue weighted by Gasteiger charge is 2.40. The molecule has 4 nitrogen and oxygen atoms in total. The van der Waals surface area contributed by atoms with Gasteiger partial charge in [-0.25, -0.2) is 8.42 Å². The van der Waals surface area contributed by atoms with Crippen LogP contribution in [0.25, 0.3) is 11.0 Å². The van der Waals surface area contributed by atoms with Gasteiger partial charge in [-0.3, -0.25) is 4.79 Å². The van der Waals surface area contributed by atoms with Gasteiger partial charge in [0, 0.05) is 11.6 Å². The zero-order chi connectivity index (χ0) is 14.4. The van der Waals surface area contributed by atoms with Gasteiger partial charge in [0.05, 0.1) is 5.02 Å². The summed E-state index contributed by atoms with van der Waals surface area (Å²) in [5.41, 5.74) is 0.386. The smallest absolute Gasteiger partial charge is 0.218 e. The summed E-state index contributed by atoms with van der Waals surface area (Å²) >= 11 is 5.96. The van der Waals surface area contributed by atoms with Crippen LogP contribution < -0.4 is 0 Å². The standard InChI is InChI=1S/C13H13ClO4S/c1-13(2,19(3,16)17)12(15)10-7-8-5-4-6-9(14)11(8)18-10/h4-7H,1-3H3. The third-order valence-electron chi connectivity index (χ3n) is 3.19. The Morgan fingerprint density at radius 2 is 1.95 bits per heavy atom. The van der Waals surface area contributed by atoms with Gasteiger partial charge in [-0.05, 0) is 26.0 Å². The Morgan fingerprint density at radius 1 is 1.32 bits per heavy atom. The summed E-state index contributed by atoms with van der Waals surface area (Å²) in [4.78, 5) is 12.3. The fourth-order valence-corrected chi connectivity index (χ4v) is 2.26. The van der Waals surface area contributed by atoms with Crippen LogP contribution in [0, 0.1) is 0 Å². The molecule has 0 fully saturated rings. The maximum atomic E-state index is 12.3. The second kappa shape index (κ2) is 4.35. The summed E-state index contributed by atoms with van der Waals surface area (Å²) in [5, 5.41) is 1.05. The molecule has 1 aromatic heterocycles. The highest BCUT2D eigenvalue weighted by atomic mass is 35.5. The summed E-state index contributed by atoms with van der Waals surface area (Å²) in [6.45, 7) is 2.72. The third kappa shape index (κ3) is 2.28. The van der Waals surface area contributed by atoms with E-state index < -0.39 is 20.4 Å². The normalized spacial score (nSPS) is 12.8. The minimum atomic E-state index is -3.54. The van der Waals surface area contributed by atoms with Crippen LogP contribution in [0.2, 0.25) is 5.02 Å². The number of Topliss-reactive ketones (excluding diaryl/α,β-unsaturated/α-hetero) is 1. The molecule has 0 aliphatic carbocycles. The van der Waals surface area contributed by atoms with Crippen molar-refractivity contribution in [1.82, 2.24) is 0 Å². The molecule has 0 atom stereocenters. The van der Waals surface area contributed by atoms with Gasteiger partial charge in [-0.1, -0.05) is 23.7 Å². The molecule has 0 saturated heterocycles. The van der Waals surface area contributed by atoms with E-state index in [0.29, 0.717) is 16.0 Å². The molecule has 0 aliphatic rings. The molecule has 102 valence electrons. The molecule has 2 rings (SSSR count). The predicted molar refractivity (Wildman–Crippen MR) is 74.5 cm³/mol. The quantitative estimate of drug-likeness (QED) is 0.817. The molecule has 0 spiro atoms. The van der Waals surface area contributed by atoms with Gasteiger partial charge in [0.1, 0.15) is 4.75 Å². The molecule has 0 radical (unpaired) electrons. The van der Waals surface area contributed by atoms with Crippen molar-refractivity contribution in [3.05, 3.63) is 35.0 Å². The largest absolute Gasteiger partial charge is 0.451 e. The van der Waals surface area contributed by atoms with Gasteiger partial charge in [0.15, 0.2) is 21.2 Å². The molecular formula is C13H13ClO4S. The molecule has 6 heteroatoms. The molecule has 19 heavy (non-hydrogen) atoms. The average Bonchev–Trinajstić information content (AvgIpc) is 2.71. The first-order chi connectivity index (χ1) is 8.64. The van der Waals surface area contributed by atoms with Gasteiger partial charge in [0.25, 0.3) is 0 Å². The number of carbonyl (C=O) groups excluding carboxylic acids is 1. The fraction of sp³-hybridized carbons (Fsp3) is 0.308. The van der Waals surface area contributed by atoms with E-state index in [2.05, 4.69) is 0 Å². The molecule has 0 amide bonds. The zero-order valence-corrected chi connectivity index (χ0v) is 12.3. The minimum Gasteiger partial charge on any atom is -0.451 e. The summed E-state index contributed by atoms with van der Waals surface area (Å²) < 4.78 is 27.2. The lowest BCUT2D eigenvalue weighted by atomic mass is 10.1. The highest BCUT2D eigenvalue weighted by molar-refractivity contribution is 7.92. The number of hydrogen-bond acceptors (Lipinski definition) is 4. The Hall–Kier alpha value is -1.33. The minimum absolute atomic E-state index is 0.00137. The van der Waals surface area contributed by atoms with Crippen molar-refractivity contribution < 1.29 is 17.6 Å². The number of rotatable bonds is 3. The zero-order valence-electron chi connectivity index (χ0n) is 10.7. The monoisotopic (exact) mass is 300 g/mol. The Kier molecular flexibility index (Phi) is 3.23. The van der Waals surface area contributed by atoms with Crippen LogP contribution >= 0.6 is 11.6 Å². The molecule has 2 aromatic rings. The van der Waals surface area contributed by atoms with Gasteiger partial charge in [0.2, 0.25) is 5.78 Å². The van der Waals surface area contributed by atoms with Crippen molar-refractivity contribution in [2.45, 2.75) is 18.6 Å². The van der Waals surface area contributed by atoms with Crippen LogP contribution in [0.4, 0.5) is 0 Å². The second-order valence-electron chi connectivity index (χ2n) is 4.88. The van der Waals surface area contributed by atoms with Crippen molar-refractivity contribution in [1.29, 1.82) is 0 Å². The molecule has 1 aromatic carbocycles. The third-order valence-corrected chi connectivity index (χ3v) is 5.53. The number of fused-ring (bicyclic) bond motifs is 1. The van der Waals surface area contributed by atoms with Gasteiger partial charge in [-0.2, -0.15) is 0 Å². The number of furan rings is 1. The van der Waals surface area contributed by atoms with E-state index >= 15 is 0 Å². The van der Waals surface area contributed by atoms with E-state index in [4.69, 9.17) is 16.0 Å². The van der Waals surface area contributed by atoms with Crippen molar-refractivity contribution in [3.63, 3.8) is 0 Å². The van der Waals surface area contributed by atoms with E-state index in [-0.39, 0.29) is 5.76 Å². The van der Waals surface area contributed by atoms with Gasteiger partial charge >= 0.3 is 0 Å². The Morgan fingerprint density at radius 3 is 2.47 bits per heavy atom. The molecule has 0 unspecified atom stereocenters. The maximum Gasteiger partial charge on any atom is 0.218 e. The first-order valence-electron chi connectivity index (χ1n) is 5.57. The van der Waals surface area contributed by atoms with Crippen molar-refractivity contribution in [3.8, 4) is 0 Å². The summed E-state index contributed by atoms with van der Waals surface area (Å²) in [7, 11) is -3.54. The Bertz CT molecular complexity index is 756. The van der Waals surface area contributed by atoms with E-state index in [9.17, 15) is 13.2 Å². The van der Waals surface area contributed by atoms with Crippen molar-refractivity contribution >= 4 is 38.2 Å². The SMILES string of the molecule is CC(C)(C(=O)c1cc2cccc(Cl)c2o1)S(C)(=O)=O. The fourth-order valence-electron chi connectivity index (χ4n) is 1.60. The average molecular weight is 301 g/mol. The number of halogens is 1. The second-order valence-corrected chi connectivity index (χ2v) is 7.85. The van der Waals surface area contributed by atoms with E-state index in [0.717, 1.165) is 6.26 Å². The van der Waals surface area contributed by atoms with Gasteiger partial charge < -0.3 is 4.42 Å². The Labute approximate surface area is 116 Å². The molecule has 0 saturated carbocycles. The first kappa shape index (κ1) is 14.1. The van der Waals surface area contributed by atoms with E-state index in [1.165, 1.54) is 19.9 Å². The topological polar surface area (TPSA) is 64.3 Å². The lowest BCUT2D eigenvalue weighted by molar-refractivity contribution is 0.0928. The summed E-state index contributed by atoms with van der Waals surface area (Å²) in [6, 6.07) is 6.63. The lowest BCUT2D eigenvalue weighted by Crippen LogP contribution is -2.39. The van der Waals surface area contributed by atoms with Crippen LogP contribution in [0.15, 0.2) is 28.7 Å². The number of sulfone groups is 1. The number of benzene rings is 1. The number of hydrogen-bond donors (Lipinski definition) is 0. The molecule has 0 N–H and O–H groups in total. The molecule has 0 aliphatic heterocycles. The highest BCUT2D eigenvalue weighted by Crippen LogP contribution is 2.30. The Balaban J connectivity index is 2.57. The number of carbonyl (C=O) groups is 1. The van der Waals surface area contributed by atoms with Crippen LogP contribution in [0.5, 0.6) is 0 Å². The van der Waals surface area contributed by atoms with Crippen molar-refractivity contribution in [2.75, 3.05) is 6.26 Å². The summed E-state index contributed by atoms with van der Waals surface area (Å²) in [5.74, 6) is -0.583. The molecular weight excluding hydrogens is 288 g/mol. The molecule has 1 heterocycles. The first-order valence-corrected chi connectivity index (χ1v) is 7.84. The van der Waals surface area contributed by atoms with Gasteiger partial charge in [-0.15, -0.1) is 0 Å². The van der Waals surface area contributed by atoms with E-state index in [1.807, 2.05) is 0 Å². The summed E-state index contributed by atoms with van der Waals surface area (Å²) in [6.07, 6.45) is 1.03. The molecule has 0 bridgehead atoms. The maximum absolute atomic E-state index is 12.3. The predicted octanol–water partition coefficient (Wildman–Crippen LogP) is 3.09. The van der Waals surface area contributed by atoms with E-state index in [1.54, 1.807) is 18.2 Å². The number of para-hydroxylation sites is 1. The van der Waals surface area contributed by atoms with Crippen molar-refractivity contribution in [2.24, 2.45) is 0 Å². The van der Waals surface area contributed by atoms with Crippen LogP contribution in [-0.2, 0) is 9.84 Å². The van der Waals surface area contributed by atoms with Crippen LogP contribution in [0.1, 0.15) is 24.4 Å².